The van der Waals surface area contributed by atoms with Crippen molar-refractivity contribution in [2.24, 2.45) is 10.4 Å². The Morgan fingerprint density at radius 3 is 2.59 bits per heavy atom. The minimum Gasteiger partial charge on any atom is -0.396 e. The molecule has 1 aliphatic heterocycles. The average Bonchev–Trinajstić information content (AvgIpc) is 2.68. The van der Waals surface area contributed by atoms with Gasteiger partial charge in [0.1, 0.15) is 12.5 Å². The van der Waals surface area contributed by atoms with Gasteiger partial charge in [-0.3, -0.25) is 5.01 Å². The van der Waals surface area contributed by atoms with Crippen molar-refractivity contribution in [2.45, 2.75) is 19.8 Å². The fraction of sp³-hybridized carbons (Fsp3) is 0.455. The molecule has 1 aliphatic rings. The highest BCUT2D eigenvalue weighted by Crippen LogP contribution is 2.32. The quantitative estimate of drug-likeness (QED) is 0.804. The Labute approximate surface area is 99.7 Å². The van der Waals surface area contributed by atoms with Gasteiger partial charge in [0.2, 0.25) is 0 Å². The molecule has 0 aromatic heterocycles. The molecule has 1 aromatic rings. The zero-order chi connectivity index (χ0) is 12.6. The van der Waals surface area contributed by atoms with Gasteiger partial charge in [-0.25, -0.2) is 9.40 Å². The Morgan fingerprint density at radius 1 is 1.35 bits per heavy atom. The normalized spacial score (nSPS) is 15.1. The molecule has 0 fully saturated rings. The van der Waals surface area contributed by atoms with Crippen LogP contribution in [0, 0.1) is 5.82 Å². The first-order valence-corrected chi connectivity index (χ1v) is 5.48. The monoisotopic (exact) mass is 237 g/mol. The summed E-state index contributed by atoms with van der Waals surface area (Å²) in [5.74, 6) is -0.192. The Kier molecular flexibility index (Phi) is 2.87. The molecule has 0 bridgehead atoms. The predicted octanol–water partition coefficient (Wildman–Crippen LogP) is 2.52. The minimum absolute atomic E-state index is 0.133. The summed E-state index contributed by atoms with van der Waals surface area (Å²) in [5, 5.41) is 11.3. The Bertz CT molecular complexity index is 457. The van der Waals surface area contributed by atoms with Gasteiger partial charge in [0.15, 0.2) is 0 Å². The van der Waals surface area contributed by atoms with Crippen LogP contribution in [0.2, 0.25) is 0 Å². The van der Waals surface area contributed by atoms with Gasteiger partial charge in [0.05, 0.1) is 11.4 Å². The van der Waals surface area contributed by atoms with E-state index in [2.05, 4.69) is 10.4 Å². The van der Waals surface area contributed by atoms with Gasteiger partial charge in [-0.1, -0.05) is 19.1 Å². The zero-order valence-electron chi connectivity index (χ0n) is 10.2. The van der Waals surface area contributed by atoms with E-state index in [9.17, 15) is 4.39 Å². The van der Waals surface area contributed by atoms with Gasteiger partial charge in [0.25, 0.3) is 0 Å². The van der Waals surface area contributed by atoms with Crippen LogP contribution in [0.4, 0.5) is 15.8 Å². The summed E-state index contributed by atoms with van der Waals surface area (Å²) >= 11 is 0. The highest BCUT2D eigenvalue weighted by atomic mass is 19.1. The van der Waals surface area contributed by atoms with Crippen molar-refractivity contribution in [2.75, 3.05) is 24.5 Å². The van der Waals surface area contributed by atoms with Crippen molar-refractivity contribution in [3.63, 3.8) is 0 Å². The van der Waals surface area contributed by atoms with Crippen molar-refractivity contribution in [1.82, 2.24) is 5.01 Å². The number of benzene rings is 1. The summed E-state index contributed by atoms with van der Waals surface area (Å²) < 4.78 is 13.5. The molecular weight excluding hydrogens is 221 g/mol. The largest absolute Gasteiger partial charge is 0.396 e. The molecule has 5 nitrogen and oxygen atoms in total. The molecule has 2 rings (SSSR count). The van der Waals surface area contributed by atoms with E-state index < -0.39 is 0 Å². The number of halogens is 1. The van der Waals surface area contributed by atoms with E-state index in [0.717, 1.165) is 11.3 Å². The average molecular weight is 237 g/mol. The molecule has 0 spiro atoms. The lowest BCUT2D eigenvalue weighted by atomic mass is 10.00. The molecular formula is C11H16FN5. The molecule has 1 aromatic carbocycles. The van der Waals surface area contributed by atoms with E-state index >= 15 is 0 Å². The van der Waals surface area contributed by atoms with Gasteiger partial charge < -0.3 is 5.73 Å². The molecule has 0 saturated heterocycles. The lowest BCUT2D eigenvalue weighted by molar-refractivity contribution is 0.390. The standard InChI is InChI=1S/C11H16FN5/c1-7(2)8-4-9(12)10(13)5-11(8)17-6-16(3)14-15-17/h4-5,7H,6,13H2,1-3H3. The van der Waals surface area contributed by atoms with Gasteiger partial charge in [-0.15, -0.1) is 0 Å². The second-order valence-corrected chi connectivity index (χ2v) is 4.46. The topological polar surface area (TPSA) is 57.2 Å². The van der Waals surface area contributed by atoms with E-state index in [1.165, 1.54) is 6.07 Å². The highest BCUT2D eigenvalue weighted by molar-refractivity contribution is 5.62. The van der Waals surface area contributed by atoms with Crippen LogP contribution in [-0.4, -0.2) is 18.7 Å². The van der Waals surface area contributed by atoms with E-state index in [1.54, 1.807) is 16.1 Å². The smallest absolute Gasteiger partial charge is 0.146 e. The molecule has 0 atom stereocenters. The third-order valence-electron chi connectivity index (χ3n) is 2.69. The van der Waals surface area contributed by atoms with Crippen molar-refractivity contribution in [1.29, 1.82) is 0 Å². The molecule has 0 amide bonds. The zero-order valence-corrected chi connectivity index (χ0v) is 10.2. The summed E-state index contributed by atoms with van der Waals surface area (Å²) in [6.07, 6.45) is 0. The molecule has 0 aliphatic carbocycles. The van der Waals surface area contributed by atoms with Crippen LogP contribution >= 0.6 is 0 Å². The lowest BCUT2D eigenvalue weighted by Gasteiger charge is -2.20. The van der Waals surface area contributed by atoms with E-state index in [-0.39, 0.29) is 17.4 Å². The molecule has 0 unspecified atom stereocenters. The molecule has 2 N–H and O–H groups in total. The van der Waals surface area contributed by atoms with Crippen molar-refractivity contribution in [3.05, 3.63) is 23.5 Å². The van der Waals surface area contributed by atoms with Gasteiger partial charge in [-0.05, 0) is 28.8 Å². The number of hydrogen-bond acceptors (Lipinski definition) is 5. The fourth-order valence-electron chi connectivity index (χ4n) is 1.77. The molecule has 0 radical (unpaired) electrons. The Balaban J connectivity index is 2.45. The number of nitrogen functional groups attached to an aromatic ring is 1. The van der Waals surface area contributed by atoms with Crippen molar-refractivity contribution < 1.29 is 4.39 Å². The van der Waals surface area contributed by atoms with E-state index in [0.29, 0.717) is 6.67 Å². The SMILES string of the molecule is CC(C)c1cc(F)c(N)cc1N1CN(C)N=N1. The molecule has 1 heterocycles. The first-order chi connectivity index (χ1) is 7.99. The van der Waals surface area contributed by atoms with Gasteiger partial charge in [-0.2, -0.15) is 0 Å². The third kappa shape index (κ3) is 2.15. The van der Waals surface area contributed by atoms with Crippen LogP contribution in [0.3, 0.4) is 0 Å². The van der Waals surface area contributed by atoms with E-state index in [1.807, 2.05) is 20.9 Å². The molecule has 6 heteroatoms. The van der Waals surface area contributed by atoms with Crippen LogP contribution in [0.25, 0.3) is 0 Å². The van der Waals surface area contributed by atoms with Crippen LogP contribution in [0.5, 0.6) is 0 Å². The fourth-order valence-corrected chi connectivity index (χ4v) is 1.77. The number of nitrogens with two attached hydrogens (primary N) is 1. The second kappa shape index (κ2) is 4.20. The lowest BCUT2D eigenvalue weighted by Crippen LogP contribution is -2.23. The van der Waals surface area contributed by atoms with Crippen molar-refractivity contribution in [3.8, 4) is 0 Å². The second-order valence-electron chi connectivity index (χ2n) is 4.46. The maximum absolute atomic E-state index is 13.5. The van der Waals surface area contributed by atoms with Crippen LogP contribution < -0.4 is 10.7 Å². The minimum atomic E-state index is -0.387. The summed E-state index contributed by atoms with van der Waals surface area (Å²) in [6.45, 7) is 4.56. The predicted molar refractivity (Wildman–Crippen MR) is 64.9 cm³/mol. The van der Waals surface area contributed by atoms with Crippen LogP contribution in [0.1, 0.15) is 25.3 Å². The van der Waals surface area contributed by atoms with Gasteiger partial charge >= 0.3 is 0 Å². The maximum Gasteiger partial charge on any atom is 0.146 e. The molecule has 0 saturated carbocycles. The van der Waals surface area contributed by atoms with E-state index in [4.69, 9.17) is 5.73 Å². The summed E-state index contributed by atoms with van der Waals surface area (Å²) in [7, 11) is 1.82. The summed E-state index contributed by atoms with van der Waals surface area (Å²) in [6, 6.07) is 3.09. The number of nitrogens with zero attached hydrogens (tertiary/aromatic N) is 4. The maximum atomic E-state index is 13.5. The summed E-state index contributed by atoms with van der Waals surface area (Å²) in [5.41, 5.74) is 7.43. The highest BCUT2D eigenvalue weighted by Gasteiger charge is 2.20. The van der Waals surface area contributed by atoms with Crippen LogP contribution in [0.15, 0.2) is 22.6 Å². The number of anilines is 2. The molecule has 92 valence electrons. The Morgan fingerprint density at radius 2 is 2.06 bits per heavy atom. The summed E-state index contributed by atoms with van der Waals surface area (Å²) in [4.78, 5) is 0. The first kappa shape index (κ1) is 11.6. The van der Waals surface area contributed by atoms with Crippen LogP contribution in [-0.2, 0) is 0 Å². The third-order valence-corrected chi connectivity index (χ3v) is 2.69. The van der Waals surface area contributed by atoms with Crippen molar-refractivity contribution >= 4 is 11.4 Å². The first-order valence-electron chi connectivity index (χ1n) is 5.48. The van der Waals surface area contributed by atoms with Gasteiger partial charge in [0, 0.05) is 7.05 Å². The Hall–Kier alpha value is -1.85. The number of hydrogen-bond donors (Lipinski definition) is 1. The number of rotatable bonds is 2. The molecule has 17 heavy (non-hydrogen) atoms.